The van der Waals surface area contributed by atoms with Crippen molar-refractivity contribution in [3.63, 3.8) is 0 Å². The molecule has 0 aliphatic carbocycles. The van der Waals surface area contributed by atoms with E-state index in [1.54, 1.807) is 12.3 Å². The second kappa shape index (κ2) is 10.1. The first kappa shape index (κ1) is 18.3. The van der Waals surface area contributed by atoms with Crippen molar-refractivity contribution in [3.05, 3.63) is 35.8 Å². The number of likely N-dealkylation sites (N-methyl/N-ethyl adjacent to an activating group) is 1. The summed E-state index contributed by atoms with van der Waals surface area (Å²) in [5.41, 5.74) is 7.02. The molecule has 22 heavy (non-hydrogen) atoms. The van der Waals surface area contributed by atoms with Gasteiger partial charge in [0.1, 0.15) is 5.83 Å². The zero-order chi connectivity index (χ0) is 16.4. The van der Waals surface area contributed by atoms with Crippen molar-refractivity contribution in [2.24, 2.45) is 15.7 Å². The maximum atomic E-state index is 13.2. The number of hydrogen-bond donors (Lipinski definition) is 1. The standard InChI is InChI=1S/C17H27FN4/c1-4-10-22(5-2)14(3)12-20-13-15(11-19)17-7-6-16(18)8-9-21-17/h6-8,11,13-14H,4-5,9-10,12,19H2,1-3H3/b15-11+,20-13?. The summed E-state index contributed by atoms with van der Waals surface area (Å²) < 4.78 is 13.2. The Morgan fingerprint density at radius 2 is 2.27 bits per heavy atom. The van der Waals surface area contributed by atoms with E-state index in [-0.39, 0.29) is 5.83 Å². The highest BCUT2D eigenvalue weighted by atomic mass is 19.1. The molecule has 5 heteroatoms. The van der Waals surface area contributed by atoms with Crippen LogP contribution in [0.2, 0.25) is 0 Å². The van der Waals surface area contributed by atoms with Gasteiger partial charge in [-0.3, -0.25) is 14.9 Å². The second-order valence-corrected chi connectivity index (χ2v) is 5.24. The Kier molecular flexibility index (Phi) is 8.36. The van der Waals surface area contributed by atoms with Gasteiger partial charge in [0, 0.05) is 24.0 Å². The Balaban J connectivity index is 2.63. The third-order valence-electron chi connectivity index (χ3n) is 3.56. The smallest absolute Gasteiger partial charge is 0.121 e. The quantitative estimate of drug-likeness (QED) is 0.701. The summed E-state index contributed by atoms with van der Waals surface area (Å²) in [5.74, 6) is -0.279. The van der Waals surface area contributed by atoms with E-state index in [2.05, 4.69) is 35.7 Å². The summed E-state index contributed by atoms with van der Waals surface area (Å²) in [5, 5.41) is 0. The second-order valence-electron chi connectivity index (χ2n) is 5.24. The number of rotatable bonds is 8. The molecule has 1 aliphatic rings. The molecule has 0 spiro atoms. The van der Waals surface area contributed by atoms with Crippen LogP contribution in [0, 0.1) is 0 Å². The third kappa shape index (κ3) is 5.93. The Hall–Kier alpha value is -1.75. The van der Waals surface area contributed by atoms with Crippen molar-refractivity contribution >= 4 is 11.9 Å². The molecule has 0 bridgehead atoms. The summed E-state index contributed by atoms with van der Waals surface area (Å²) in [6, 6.07) is 0.381. The van der Waals surface area contributed by atoms with Gasteiger partial charge in [-0.05, 0) is 44.7 Å². The summed E-state index contributed by atoms with van der Waals surface area (Å²) >= 11 is 0. The normalized spacial score (nSPS) is 17.6. The third-order valence-corrected chi connectivity index (χ3v) is 3.56. The van der Waals surface area contributed by atoms with Crippen LogP contribution in [0.15, 0.2) is 45.8 Å². The molecule has 1 rings (SSSR count). The number of nitrogens with zero attached hydrogens (tertiary/aromatic N) is 3. The van der Waals surface area contributed by atoms with E-state index in [4.69, 9.17) is 5.73 Å². The largest absolute Gasteiger partial charge is 0.404 e. The Morgan fingerprint density at radius 1 is 1.50 bits per heavy atom. The van der Waals surface area contributed by atoms with E-state index in [0.29, 0.717) is 30.4 Å². The average Bonchev–Trinajstić information content (AvgIpc) is 2.73. The summed E-state index contributed by atoms with van der Waals surface area (Å²) in [6.07, 6.45) is 8.78. The summed E-state index contributed by atoms with van der Waals surface area (Å²) in [7, 11) is 0. The summed E-state index contributed by atoms with van der Waals surface area (Å²) in [6.45, 7) is 9.62. The van der Waals surface area contributed by atoms with Gasteiger partial charge < -0.3 is 5.73 Å². The maximum Gasteiger partial charge on any atom is 0.121 e. The molecule has 1 unspecified atom stereocenters. The lowest BCUT2D eigenvalue weighted by molar-refractivity contribution is 0.225. The molecule has 0 radical (unpaired) electrons. The van der Waals surface area contributed by atoms with E-state index in [9.17, 15) is 4.39 Å². The molecule has 1 atom stereocenters. The molecule has 0 amide bonds. The van der Waals surface area contributed by atoms with Gasteiger partial charge >= 0.3 is 0 Å². The first-order valence-electron chi connectivity index (χ1n) is 7.86. The highest BCUT2D eigenvalue weighted by Crippen LogP contribution is 2.07. The molecule has 122 valence electrons. The van der Waals surface area contributed by atoms with Gasteiger partial charge in [-0.15, -0.1) is 0 Å². The van der Waals surface area contributed by atoms with Crippen LogP contribution in [-0.2, 0) is 0 Å². The number of halogens is 1. The van der Waals surface area contributed by atoms with Gasteiger partial charge in [0.2, 0.25) is 0 Å². The molecule has 0 saturated heterocycles. The summed E-state index contributed by atoms with van der Waals surface area (Å²) in [4.78, 5) is 11.2. The van der Waals surface area contributed by atoms with E-state index in [1.165, 1.54) is 18.4 Å². The van der Waals surface area contributed by atoms with Crippen molar-refractivity contribution in [1.82, 2.24) is 4.90 Å². The first-order valence-corrected chi connectivity index (χ1v) is 7.86. The first-order chi connectivity index (χ1) is 10.6. The molecule has 0 saturated carbocycles. The molecule has 1 aliphatic heterocycles. The van der Waals surface area contributed by atoms with Crippen molar-refractivity contribution in [2.45, 2.75) is 33.2 Å². The minimum atomic E-state index is -0.279. The van der Waals surface area contributed by atoms with Crippen LogP contribution in [0.3, 0.4) is 0 Å². The molecule has 0 aromatic rings. The molecular formula is C17H27FN4. The highest BCUT2D eigenvalue weighted by Gasteiger charge is 2.10. The maximum absolute atomic E-state index is 13.2. The lowest BCUT2D eigenvalue weighted by Crippen LogP contribution is -2.35. The Labute approximate surface area is 133 Å². The van der Waals surface area contributed by atoms with Crippen LogP contribution >= 0.6 is 0 Å². The van der Waals surface area contributed by atoms with Gasteiger partial charge in [-0.1, -0.05) is 13.8 Å². The zero-order valence-corrected chi connectivity index (χ0v) is 13.8. The Bertz CT molecular complexity index is 489. The lowest BCUT2D eigenvalue weighted by Gasteiger charge is -2.25. The van der Waals surface area contributed by atoms with E-state index < -0.39 is 0 Å². The topological polar surface area (TPSA) is 54.0 Å². The minimum Gasteiger partial charge on any atom is -0.404 e. The highest BCUT2D eigenvalue weighted by molar-refractivity contribution is 6.21. The van der Waals surface area contributed by atoms with Crippen LogP contribution in [0.5, 0.6) is 0 Å². The molecular weight excluding hydrogens is 279 g/mol. The molecule has 2 N–H and O–H groups in total. The molecule has 0 aromatic heterocycles. The molecule has 1 heterocycles. The van der Waals surface area contributed by atoms with Crippen molar-refractivity contribution in [3.8, 4) is 0 Å². The molecule has 0 aromatic carbocycles. The zero-order valence-electron chi connectivity index (χ0n) is 13.8. The van der Waals surface area contributed by atoms with Crippen molar-refractivity contribution in [2.75, 3.05) is 26.2 Å². The Morgan fingerprint density at radius 3 is 2.91 bits per heavy atom. The van der Waals surface area contributed by atoms with Crippen LogP contribution in [0.25, 0.3) is 0 Å². The van der Waals surface area contributed by atoms with E-state index in [1.807, 2.05) is 0 Å². The lowest BCUT2D eigenvalue weighted by atomic mass is 10.1. The number of nitrogens with two attached hydrogens (primary N) is 1. The predicted molar refractivity (Wildman–Crippen MR) is 93.3 cm³/mol. The van der Waals surface area contributed by atoms with Crippen LogP contribution in [0.4, 0.5) is 4.39 Å². The van der Waals surface area contributed by atoms with Crippen LogP contribution in [0.1, 0.15) is 27.2 Å². The number of allylic oxidation sites excluding steroid dienone is 4. The average molecular weight is 306 g/mol. The van der Waals surface area contributed by atoms with Gasteiger partial charge in [0.15, 0.2) is 0 Å². The van der Waals surface area contributed by atoms with Crippen molar-refractivity contribution < 1.29 is 4.39 Å². The van der Waals surface area contributed by atoms with Crippen molar-refractivity contribution in [1.29, 1.82) is 0 Å². The fraction of sp³-hybridized carbons (Fsp3) is 0.529. The van der Waals surface area contributed by atoms with Gasteiger partial charge in [-0.25, -0.2) is 4.39 Å². The molecule has 0 fully saturated rings. The fourth-order valence-corrected chi connectivity index (χ4v) is 2.29. The van der Waals surface area contributed by atoms with Gasteiger partial charge in [0.05, 0.1) is 18.8 Å². The number of hydrogen-bond acceptors (Lipinski definition) is 4. The van der Waals surface area contributed by atoms with Crippen LogP contribution in [-0.4, -0.2) is 49.0 Å². The fourth-order valence-electron chi connectivity index (χ4n) is 2.29. The predicted octanol–water partition coefficient (Wildman–Crippen LogP) is 2.88. The number of aliphatic imine (C=N–C) groups is 2. The van der Waals surface area contributed by atoms with E-state index in [0.717, 1.165) is 19.5 Å². The van der Waals surface area contributed by atoms with Gasteiger partial charge in [0.25, 0.3) is 0 Å². The minimum absolute atomic E-state index is 0.279. The van der Waals surface area contributed by atoms with Gasteiger partial charge in [-0.2, -0.15) is 0 Å². The molecule has 4 nitrogen and oxygen atoms in total. The monoisotopic (exact) mass is 306 g/mol. The van der Waals surface area contributed by atoms with Crippen LogP contribution < -0.4 is 5.73 Å². The van der Waals surface area contributed by atoms with E-state index >= 15 is 0 Å². The SMILES string of the molecule is CCCN(CC)C(C)CN=C/C(=C\N)C1=NCC=C(F)C=C1.